The topological polar surface area (TPSA) is 64.9 Å². The van der Waals surface area contributed by atoms with Gasteiger partial charge in [-0.1, -0.05) is 29.8 Å². The number of aliphatic carboxylic acids is 1. The van der Waals surface area contributed by atoms with Gasteiger partial charge in [-0.15, -0.1) is 0 Å². The highest BCUT2D eigenvalue weighted by molar-refractivity contribution is 5.68. The highest BCUT2D eigenvalue weighted by Crippen LogP contribution is 2.18. The Morgan fingerprint density at radius 1 is 1.43 bits per heavy atom. The molecule has 1 aromatic carbocycles. The van der Waals surface area contributed by atoms with Crippen LogP contribution in [0, 0.1) is 6.92 Å². The lowest BCUT2D eigenvalue weighted by Gasteiger charge is -2.10. The van der Waals surface area contributed by atoms with Crippen molar-refractivity contribution >= 4 is 5.97 Å². The van der Waals surface area contributed by atoms with E-state index in [4.69, 9.17) is 5.11 Å². The van der Waals surface area contributed by atoms with Crippen LogP contribution in [0.1, 0.15) is 23.5 Å². The summed E-state index contributed by atoms with van der Waals surface area (Å²) in [5.41, 5.74) is 6.02. The fraction of sp³-hybridized carbons (Fsp3) is 0.364. The summed E-state index contributed by atoms with van der Waals surface area (Å²) >= 11 is 0. The van der Waals surface area contributed by atoms with Gasteiger partial charge in [0.1, 0.15) is 0 Å². The summed E-state index contributed by atoms with van der Waals surface area (Å²) in [7, 11) is 0. The number of benzene rings is 1. The van der Waals surface area contributed by atoms with E-state index in [0.717, 1.165) is 5.56 Å². The van der Waals surface area contributed by atoms with E-state index in [1.807, 2.05) is 31.2 Å². The molecule has 0 saturated heterocycles. The summed E-state index contributed by atoms with van der Waals surface area (Å²) in [6.07, 6.45) is 0.159. The minimum absolute atomic E-state index is 0.0353. The van der Waals surface area contributed by atoms with E-state index in [2.05, 4.69) is 5.73 Å². The van der Waals surface area contributed by atoms with Crippen LogP contribution in [-0.2, 0) is 4.79 Å². The lowest BCUT2D eigenvalue weighted by Crippen LogP contribution is -2.53. The predicted molar refractivity (Wildman–Crippen MR) is 53.9 cm³/mol. The Morgan fingerprint density at radius 3 is 2.43 bits per heavy atom. The normalized spacial score (nSPS) is 12.4. The zero-order valence-electron chi connectivity index (χ0n) is 8.36. The Morgan fingerprint density at radius 2 is 2.00 bits per heavy atom. The Balaban J connectivity index is 2.78. The van der Waals surface area contributed by atoms with Gasteiger partial charge in [-0.05, 0) is 12.5 Å². The predicted octanol–water partition coefficient (Wildman–Crippen LogP) is 0.795. The summed E-state index contributed by atoms with van der Waals surface area (Å²) in [4.78, 5) is 10.6. The first-order valence-corrected chi connectivity index (χ1v) is 4.71. The first-order valence-electron chi connectivity index (χ1n) is 4.71. The molecular formula is C11H16NO2+. The minimum Gasteiger partial charge on any atom is -0.481 e. The third-order valence-corrected chi connectivity index (χ3v) is 2.32. The standard InChI is InChI=1S/C11H15NO2/c1-8-2-4-9(5-3-8)10(7-12)6-11(13)14/h2-5,10H,6-7,12H2,1H3,(H,13,14)/p+1. The molecule has 0 fully saturated rings. The summed E-state index contributed by atoms with van der Waals surface area (Å²) in [5.74, 6) is -0.729. The molecule has 1 aromatic rings. The number of hydrogen-bond acceptors (Lipinski definition) is 1. The molecule has 0 aliphatic rings. The highest BCUT2D eigenvalue weighted by atomic mass is 16.4. The highest BCUT2D eigenvalue weighted by Gasteiger charge is 2.15. The van der Waals surface area contributed by atoms with Crippen molar-refractivity contribution in [2.24, 2.45) is 0 Å². The molecule has 0 aliphatic carbocycles. The SMILES string of the molecule is Cc1ccc(C(C[NH3+])CC(=O)O)cc1. The van der Waals surface area contributed by atoms with Crippen molar-refractivity contribution in [2.75, 3.05) is 6.54 Å². The van der Waals surface area contributed by atoms with Crippen LogP contribution in [-0.4, -0.2) is 17.6 Å². The molecule has 0 heterocycles. The van der Waals surface area contributed by atoms with Crippen LogP contribution in [0.3, 0.4) is 0 Å². The lowest BCUT2D eigenvalue weighted by atomic mass is 9.95. The summed E-state index contributed by atoms with van der Waals surface area (Å²) in [5, 5.41) is 8.70. The van der Waals surface area contributed by atoms with Crippen LogP contribution in [0.15, 0.2) is 24.3 Å². The number of hydrogen-bond donors (Lipinski definition) is 2. The Kier molecular flexibility index (Phi) is 3.65. The van der Waals surface area contributed by atoms with Gasteiger partial charge in [0.15, 0.2) is 0 Å². The summed E-state index contributed by atoms with van der Waals surface area (Å²) in [6, 6.07) is 7.96. The van der Waals surface area contributed by atoms with Crippen molar-refractivity contribution in [2.45, 2.75) is 19.3 Å². The molecule has 3 nitrogen and oxygen atoms in total. The van der Waals surface area contributed by atoms with Crippen LogP contribution in [0.5, 0.6) is 0 Å². The molecule has 0 saturated carbocycles. The maximum Gasteiger partial charge on any atom is 0.304 e. The van der Waals surface area contributed by atoms with Crippen LogP contribution in [0.4, 0.5) is 0 Å². The Hall–Kier alpha value is -1.35. The van der Waals surface area contributed by atoms with Gasteiger partial charge in [-0.2, -0.15) is 0 Å². The van der Waals surface area contributed by atoms with Crippen molar-refractivity contribution in [1.29, 1.82) is 0 Å². The number of aryl methyl sites for hydroxylation is 1. The van der Waals surface area contributed by atoms with Crippen LogP contribution in [0.25, 0.3) is 0 Å². The molecular weight excluding hydrogens is 178 g/mol. The molecule has 0 radical (unpaired) electrons. The van der Waals surface area contributed by atoms with Crippen molar-refractivity contribution in [3.63, 3.8) is 0 Å². The van der Waals surface area contributed by atoms with E-state index in [-0.39, 0.29) is 12.3 Å². The molecule has 0 amide bonds. The molecule has 76 valence electrons. The van der Waals surface area contributed by atoms with E-state index in [9.17, 15) is 4.79 Å². The van der Waals surface area contributed by atoms with Crippen LogP contribution in [0.2, 0.25) is 0 Å². The van der Waals surface area contributed by atoms with E-state index in [0.29, 0.717) is 6.54 Å². The molecule has 3 heteroatoms. The van der Waals surface area contributed by atoms with Gasteiger partial charge in [-0.25, -0.2) is 0 Å². The molecule has 14 heavy (non-hydrogen) atoms. The molecule has 0 spiro atoms. The van der Waals surface area contributed by atoms with E-state index >= 15 is 0 Å². The monoisotopic (exact) mass is 194 g/mol. The van der Waals surface area contributed by atoms with Gasteiger partial charge in [0.25, 0.3) is 0 Å². The largest absolute Gasteiger partial charge is 0.481 e. The van der Waals surface area contributed by atoms with Gasteiger partial charge < -0.3 is 10.8 Å². The van der Waals surface area contributed by atoms with Gasteiger partial charge in [0, 0.05) is 5.92 Å². The van der Waals surface area contributed by atoms with Gasteiger partial charge in [-0.3, -0.25) is 4.79 Å². The molecule has 4 N–H and O–H groups in total. The first-order chi connectivity index (χ1) is 6.63. The van der Waals surface area contributed by atoms with E-state index in [1.54, 1.807) is 0 Å². The number of carboxylic acids is 1. The second kappa shape index (κ2) is 4.77. The second-order valence-corrected chi connectivity index (χ2v) is 3.49. The molecule has 1 unspecified atom stereocenters. The summed E-state index contributed by atoms with van der Waals surface area (Å²) in [6.45, 7) is 2.63. The number of quaternary nitrogens is 1. The maximum absolute atomic E-state index is 10.6. The van der Waals surface area contributed by atoms with Crippen LogP contribution < -0.4 is 5.73 Å². The Bertz CT molecular complexity index is 306. The third kappa shape index (κ3) is 2.85. The number of carboxylic acid groups (broad SMARTS) is 1. The van der Waals surface area contributed by atoms with Gasteiger partial charge >= 0.3 is 5.97 Å². The quantitative estimate of drug-likeness (QED) is 0.744. The summed E-state index contributed by atoms with van der Waals surface area (Å²) < 4.78 is 0. The lowest BCUT2D eigenvalue weighted by molar-refractivity contribution is -0.372. The van der Waals surface area contributed by atoms with Crippen molar-refractivity contribution in [3.05, 3.63) is 35.4 Å². The average molecular weight is 194 g/mol. The van der Waals surface area contributed by atoms with Crippen molar-refractivity contribution in [3.8, 4) is 0 Å². The Labute approximate surface area is 83.6 Å². The smallest absolute Gasteiger partial charge is 0.304 e. The van der Waals surface area contributed by atoms with E-state index < -0.39 is 5.97 Å². The third-order valence-electron chi connectivity index (χ3n) is 2.32. The van der Waals surface area contributed by atoms with Crippen molar-refractivity contribution in [1.82, 2.24) is 0 Å². The fourth-order valence-corrected chi connectivity index (χ4v) is 1.44. The first kappa shape index (κ1) is 10.7. The molecule has 0 bridgehead atoms. The zero-order chi connectivity index (χ0) is 10.6. The van der Waals surface area contributed by atoms with Crippen LogP contribution >= 0.6 is 0 Å². The van der Waals surface area contributed by atoms with Gasteiger partial charge in [0.2, 0.25) is 0 Å². The molecule has 0 aromatic heterocycles. The minimum atomic E-state index is -0.765. The van der Waals surface area contributed by atoms with Crippen molar-refractivity contribution < 1.29 is 15.6 Å². The maximum atomic E-state index is 10.6. The molecule has 0 aliphatic heterocycles. The number of rotatable bonds is 4. The fourth-order valence-electron chi connectivity index (χ4n) is 1.44. The van der Waals surface area contributed by atoms with E-state index in [1.165, 1.54) is 5.56 Å². The molecule has 1 rings (SSSR count). The average Bonchev–Trinajstić information content (AvgIpc) is 2.15. The van der Waals surface area contributed by atoms with Gasteiger partial charge in [0.05, 0.1) is 13.0 Å². The zero-order valence-corrected chi connectivity index (χ0v) is 8.36. The number of carbonyl (C=O) groups is 1. The second-order valence-electron chi connectivity index (χ2n) is 3.49. The molecule has 1 atom stereocenters.